The monoisotopic (exact) mass is 419 g/mol. The second kappa shape index (κ2) is 11.2. The summed E-state index contributed by atoms with van der Waals surface area (Å²) in [5.41, 5.74) is 1.12. The lowest BCUT2D eigenvalue weighted by molar-refractivity contribution is -0.123. The lowest BCUT2D eigenvalue weighted by Crippen LogP contribution is -2.41. The first-order valence-corrected chi connectivity index (χ1v) is 10.1. The number of esters is 1. The first-order valence-electron chi connectivity index (χ1n) is 9.22. The maximum atomic E-state index is 12.0. The Labute approximate surface area is 173 Å². The van der Waals surface area contributed by atoms with Crippen LogP contribution in [0, 0.1) is 12.8 Å². The highest BCUT2D eigenvalue weighted by Crippen LogP contribution is 2.16. The van der Waals surface area contributed by atoms with Gasteiger partial charge in [0.05, 0.1) is 16.3 Å². The van der Waals surface area contributed by atoms with E-state index in [1.165, 1.54) is 0 Å². The summed E-state index contributed by atoms with van der Waals surface area (Å²) < 4.78 is 10.5. The molecule has 156 valence electrons. The number of hydrogen-bond acceptors (Lipinski definition) is 7. The molecular formula is C20H25N3O5S. The number of nitrogens with one attached hydrogen (secondary N) is 2. The summed E-state index contributed by atoms with van der Waals surface area (Å²) in [5.74, 6) is -0.329. The molecule has 0 aliphatic rings. The minimum atomic E-state index is -0.695. The molecule has 0 bridgehead atoms. The molecule has 0 saturated carbocycles. The van der Waals surface area contributed by atoms with Crippen molar-refractivity contribution in [2.45, 2.75) is 33.8 Å². The number of hydrogen-bond donors (Lipinski definition) is 2. The highest BCUT2D eigenvalue weighted by molar-refractivity contribution is 7.09. The SMILES string of the molecule is Cc1nc(COc2ccc(C(=O)OCC(=O)NC(=O)NCCC(C)C)cc2)cs1. The van der Waals surface area contributed by atoms with Crippen molar-refractivity contribution < 1.29 is 23.9 Å². The first kappa shape index (κ1) is 22.4. The summed E-state index contributed by atoms with van der Waals surface area (Å²) in [5, 5.41) is 7.58. The van der Waals surface area contributed by atoms with Gasteiger partial charge in [-0.1, -0.05) is 13.8 Å². The van der Waals surface area contributed by atoms with Crippen LogP contribution in [-0.4, -0.2) is 36.0 Å². The van der Waals surface area contributed by atoms with Crippen LogP contribution in [-0.2, 0) is 16.1 Å². The van der Waals surface area contributed by atoms with Crippen LogP contribution in [0.25, 0.3) is 0 Å². The quantitative estimate of drug-likeness (QED) is 0.605. The molecule has 8 nitrogen and oxygen atoms in total. The Balaban J connectivity index is 1.71. The minimum absolute atomic E-state index is 0.274. The van der Waals surface area contributed by atoms with Crippen LogP contribution < -0.4 is 15.4 Å². The Kier molecular flexibility index (Phi) is 8.60. The van der Waals surface area contributed by atoms with Crippen LogP contribution in [0.1, 0.15) is 41.3 Å². The number of amides is 3. The number of nitrogens with zero attached hydrogens (tertiary/aromatic N) is 1. The molecule has 0 radical (unpaired) electrons. The summed E-state index contributed by atoms with van der Waals surface area (Å²) >= 11 is 1.55. The van der Waals surface area contributed by atoms with E-state index in [0.29, 0.717) is 24.8 Å². The van der Waals surface area contributed by atoms with E-state index >= 15 is 0 Å². The van der Waals surface area contributed by atoms with Gasteiger partial charge in [0.15, 0.2) is 6.61 Å². The van der Waals surface area contributed by atoms with Gasteiger partial charge in [0.1, 0.15) is 12.4 Å². The van der Waals surface area contributed by atoms with Gasteiger partial charge in [-0.15, -0.1) is 11.3 Å². The number of ether oxygens (including phenoxy) is 2. The zero-order valence-corrected chi connectivity index (χ0v) is 17.5. The van der Waals surface area contributed by atoms with Crippen molar-refractivity contribution >= 4 is 29.2 Å². The van der Waals surface area contributed by atoms with Gasteiger partial charge in [0, 0.05) is 11.9 Å². The Hall–Kier alpha value is -2.94. The lowest BCUT2D eigenvalue weighted by atomic mass is 10.1. The molecule has 2 N–H and O–H groups in total. The maximum absolute atomic E-state index is 12.0. The lowest BCUT2D eigenvalue weighted by Gasteiger charge is -2.09. The fraction of sp³-hybridized carbons (Fsp3) is 0.400. The summed E-state index contributed by atoms with van der Waals surface area (Å²) in [6, 6.07) is 5.75. The van der Waals surface area contributed by atoms with Crippen molar-refractivity contribution in [1.82, 2.24) is 15.6 Å². The summed E-state index contributed by atoms with van der Waals surface area (Å²) in [6.07, 6.45) is 0.805. The van der Waals surface area contributed by atoms with Gasteiger partial charge in [-0.3, -0.25) is 10.1 Å². The van der Waals surface area contributed by atoms with Crippen LogP contribution in [0.15, 0.2) is 29.6 Å². The van der Waals surface area contributed by atoms with Crippen LogP contribution in [0.2, 0.25) is 0 Å². The van der Waals surface area contributed by atoms with E-state index in [9.17, 15) is 14.4 Å². The van der Waals surface area contributed by atoms with Gasteiger partial charge in [0.25, 0.3) is 5.91 Å². The largest absolute Gasteiger partial charge is 0.487 e. The molecule has 2 rings (SSSR count). The van der Waals surface area contributed by atoms with E-state index in [4.69, 9.17) is 9.47 Å². The number of aryl methyl sites for hydroxylation is 1. The van der Waals surface area contributed by atoms with Crippen LogP contribution >= 0.6 is 11.3 Å². The molecule has 3 amide bonds. The zero-order chi connectivity index (χ0) is 21.2. The van der Waals surface area contributed by atoms with Crippen LogP contribution in [0.4, 0.5) is 4.79 Å². The molecule has 0 fully saturated rings. The molecule has 9 heteroatoms. The molecule has 29 heavy (non-hydrogen) atoms. The summed E-state index contributed by atoms with van der Waals surface area (Å²) in [6.45, 7) is 6.25. The fourth-order valence-electron chi connectivity index (χ4n) is 2.21. The number of carbonyl (C=O) groups is 3. The van der Waals surface area contributed by atoms with E-state index in [2.05, 4.69) is 15.6 Å². The molecule has 2 aromatic rings. The van der Waals surface area contributed by atoms with Gasteiger partial charge in [-0.05, 0) is 43.5 Å². The van der Waals surface area contributed by atoms with Gasteiger partial charge in [0.2, 0.25) is 0 Å². The molecular weight excluding hydrogens is 394 g/mol. The third-order valence-corrected chi connectivity index (χ3v) is 4.56. The topological polar surface area (TPSA) is 107 Å². The molecule has 0 aliphatic heterocycles. The molecule has 0 spiro atoms. The number of carbonyl (C=O) groups excluding carboxylic acids is 3. The number of urea groups is 1. The third-order valence-electron chi connectivity index (χ3n) is 3.74. The third kappa shape index (κ3) is 8.30. The van der Waals surface area contributed by atoms with E-state index in [1.54, 1.807) is 35.6 Å². The molecule has 0 aliphatic carbocycles. The fourth-order valence-corrected chi connectivity index (χ4v) is 2.81. The summed E-state index contributed by atoms with van der Waals surface area (Å²) in [7, 11) is 0. The second-order valence-electron chi connectivity index (χ2n) is 6.73. The van der Waals surface area contributed by atoms with Crippen molar-refractivity contribution in [3.8, 4) is 5.75 Å². The van der Waals surface area contributed by atoms with Crippen molar-refractivity contribution in [3.05, 3.63) is 45.9 Å². The number of thiazole rings is 1. The Morgan fingerprint density at radius 1 is 1.17 bits per heavy atom. The second-order valence-corrected chi connectivity index (χ2v) is 7.80. The van der Waals surface area contributed by atoms with E-state index in [1.807, 2.05) is 26.2 Å². The summed E-state index contributed by atoms with van der Waals surface area (Å²) in [4.78, 5) is 39.6. The van der Waals surface area contributed by atoms with E-state index in [-0.39, 0.29) is 5.56 Å². The Morgan fingerprint density at radius 2 is 1.90 bits per heavy atom. The first-order chi connectivity index (χ1) is 13.8. The standard InChI is InChI=1S/C20H25N3O5S/c1-13(2)8-9-21-20(26)23-18(24)11-28-19(25)15-4-6-17(7-5-15)27-10-16-12-29-14(3)22-16/h4-7,12-13H,8-11H2,1-3H3,(H2,21,23,24,26). The van der Waals surface area contributed by atoms with Crippen molar-refractivity contribution in [2.75, 3.05) is 13.2 Å². The van der Waals surface area contributed by atoms with E-state index in [0.717, 1.165) is 17.1 Å². The average molecular weight is 420 g/mol. The van der Waals surface area contributed by atoms with Crippen molar-refractivity contribution in [3.63, 3.8) is 0 Å². The van der Waals surface area contributed by atoms with Gasteiger partial charge < -0.3 is 14.8 Å². The van der Waals surface area contributed by atoms with Crippen molar-refractivity contribution in [2.24, 2.45) is 5.92 Å². The predicted octanol–water partition coefficient (Wildman–Crippen LogP) is 3.06. The molecule has 0 atom stereocenters. The van der Waals surface area contributed by atoms with Crippen LogP contribution in [0.5, 0.6) is 5.75 Å². The molecule has 0 saturated heterocycles. The number of aromatic nitrogens is 1. The molecule has 1 heterocycles. The van der Waals surface area contributed by atoms with Gasteiger partial charge in [-0.2, -0.15) is 0 Å². The van der Waals surface area contributed by atoms with Crippen molar-refractivity contribution in [1.29, 1.82) is 0 Å². The highest BCUT2D eigenvalue weighted by Gasteiger charge is 2.13. The Morgan fingerprint density at radius 3 is 2.52 bits per heavy atom. The van der Waals surface area contributed by atoms with E-state index < -0.39 is 24.5 Å². The minimum Gasteiger partial charge on any atom is -0.487 e. The predicted molar refractivity (Wildman–Crippen MR) is 109 cm³/mol. The normalized spacial score (nSPS) is 10.5. The Bertz CT molecular complexity index is 833. The molecule has 0 unspecified atom stereocenters. The molecule has 1 aromatic carbocycles. The van der Waals surface area contributed by atoms with Crippen LogP contribution in [0.3, 0.4) is 0 Å². The maximum Gasteiger partial charge on any atom is 0.338 e. The zero-order valence-electron chi connectivity index (χ0n) is 16.7. The number of rotatable bonds is 9. The van der Waals surface area contributed by atoms with Gasteiger partial charge in [-0.25, -0.2) is 14.6 Å². The highest BCUT2D eigenvalue weighted by atomic mass is 32.1. The number of imide groups is 1. The number of benzene rings is 1. The van der Waals surface area contributed by atoms with Gasteiger partial charge >= 0.3 is 12.0 Å². The smallest absolute Gasteiger partial charge is 0.338 e. The average Bonchev–Trinajstić information content (AvgIpc) is 3.10. The molecule has 1 aromatic heterocycles.